The molecule has 1 aliphatic heterocycles. The lowest BCUT2D eigenvalue weighted by Gasteiger charge is -2.29. The summed E-state index contributed by atoms with van der Waals surface area (Å²) in [5, 5.41) is 2.92. The number of nitrogens with zero attached hydrogens (tertiary/aromatic N) is 3. The van der Waals surface area contributed by atoms with Crippen LogP contribution in [0.5, 0.6) is 5.75 Å². The zero-order valence-corrected chi connectivity index (χ0v) is 21.4. The molecule has 194 valence electrons. The van der Waals surface area contributed by atoms with E-state index in [9.17, 15) is 18.8 Å². The summed E-state index contributed by atoms with van der Waals surface area (Å²) in [4.78, 5) is 41.9. The third-order valence-corrected chi connectivity index (χ3v) is 6.14. The summed E-state index contributed by atoms with van der Waals surface area (Å²) in [6.45, 7) is 4.25. The molecule has 2 amide bonds. The van der Waals surface area contributed by atoms with Crippen LogP contribution in [0.2, 0.25) is 0 Å². The van der Waals surface area contributed by atoms with Gasteiger partial charge in [0, 0.05) is 32.8 Å². The van der Waals surface area contributed by atoms with Crippen LogP contribution in [0.15, 0.2) is 47.3 Å². The largest absolute Gasteiger partial charge is 0.486 e. The van der Waals surface area contributed by atoms with Crippen LogP contribution >= 0.6 is 0 Å². The first kappa shape index (κ1) is 25.9. The molecule has 0 unspecified atom stereocenters. The number of benzene rings is 2. The normalized spacial score (nSPS) is 13.0. The molecule has 0 atom stereocenters. The highest BCUT2D eigenvalue weighted by molar-refractivity contribution is 6.08. The van der Waals surface area contributed by atoms with Crippen LogP contribution in [0.1, 0.15) is 21.5 Å². The van der Waals surface area contributed by atoms with Gasteiger partial charge in [0.25, 0.3) is 11.5 Å². The Morgan fingerprint density at radius 3 is 2.51 bits per heavy atom. The fourth-order valence-electron chi connectivity index (χ4n) is 4.07. The van der Waals surface area contributed by atoms with Gasteiger partial charge in [-0.05, 0) is 43.7 Å². The molecular weight excluding hydrogens is 479 g/mol. The molecule has 3 aromatic rings. The van der Waals surface area contributed by atoms with Gasteiger partial charge < -0.3 is 19.7 Å². The third-order valence-electron chi connectivity index (χ3n) is 6.14. The van der Waals surface area contributed by atoms with Crippen LogP contribution < -0.4 is 20.5 Å². The Kier molecular flexibility index (Phi) is 7.30. The van der Waals surface area contributed by atoms with E-state index in [4.69, 9.17) is 9.47 Å². The lowest BCUT2D eigenvalue weighted by Crippen LogP contribution is -2.38. The van der Waals surface area contributed by atoms with Crippen molar-refractivity contribution < 1.29 is 23.5 Å². The minimum Gasteiger partial charge on any atom is -0.486 e. The van der Waals surface area contributed by atoms with Crippen molar-refractivity contribution >= 4 is 35.2 Å². The van der Waals surface area contributed by atoms with Crippen molar-refractivity contribution in [2.75, 3.05) is 37.5 Å². The fraction of sp³-hybridized carbons (Fsp3) is 0.296. The van der Waals surface area contributed by atoms with E-state index in [2.05, 4.69) is 5.32 Å². The maximum Gasteiger partial charge on any atom is 0.259 e. The average molecular weight is 509 g/mol. The highest BCUT2D eigenvalue weighted by Gasteiger charge is 2.30. The fourth-order valence-corrected chi connectivity index (χ4v) is 4.07. The molecule has 0 aliphatic carbocycles. The summed E-state index contributed by atoms with van der Waals surface area (Å²) in [7, 11) is 4.60. The van der Waals surface area contributed by atoms with Gasteiger partial charge in [-0.3, -0.25) is 23.9 Å². The van der Waals surface area contributed by atoms with E-state index in [0.717, 1.165) is 0 Å². The molecule has 2 heterocycles. The van der Waals surface area contributed by atoms with Gasteiger partial charge in [0.05, 0.1) is 30.3 Å². The summed E-state index contributed by atoms with van der Waals surface area (Å²) in [6.07, 6.45) is 0.451. The van der Waals surface area contributed by atoms with Crippen LogP contribution in [0.4, 0.5) is 27.3 Å². The average Bonchev–Trinajstić information content (AvgIpc) is 2.84. The molecule has 1 aromatic heterocycles. The third kappa shape index (κ3) is 5.05. The zero-order valence-electron chi connectivity index (χ0n) is 21.4. The van der Waals surface area contributed by atoms with Gasteiger partial charge in [-0.2, -0.15) is 0 Å². The van der Waals surface area contributed by atoms with Gasteiger partial charge >= 0.3 is 0 Å². The number of aromatic nitrogens is 1. The number of amides is 2. The van der Waals surface area contributed by atoms with Gasteiger partial charge in [-0.25, -0.2) is 4.39 Å². The molecule has 1 fully saturated rings. The molecule has 1 saturated heterocycles. The van der Waals surface area contributed by atoms with Crippen LogP contribution in [-0.4, -0.2) is 55.2 Å². The number of rotatable bonds is 8. The highest BCUT2D eigenvalue weighted by atomic mass is 19.1. The quantitative estimate of drug-likeness (QED) is 0.467. The van der Waals surface area contributed by atoms with Gasteiger partial charge in [-0.1, -0.05) is 12.1 Å². The molecular formula is C27H29FN4O5. The van der Waals surface area contributed by atoms with Crippen molar-refractivity contribution in [3.63, 3.8) is 0 Å². The molecule has 0 spiro atoms. The summed E-state index contributed by atoms with van der Waals surface area (Å²) < 4.78 is 27.0. The standard InChI is InChI=1S/C27H29FN4O5/c1-16-9-10-22(21(28)11-16)29-25-23(27(35)30(3)4)24(17(2)26(34)31(25)5)32(15-33)18-7-6-8-19(12-18)37-20-13-36-14-20/h6-12,15,20,29H,13-14H2,1-5H3. The van der Waals surface area contributed by atoms with Crippen LogP contribution in [0, 0.1) is 19.7 Å². The van der Waals surface area contributed by atoms with Crippen molar-refractivity contribution in [1.82, 2.24) is 9.47 Å². The van der Waals surface area contributed by atoms with E-state index in [0.29, 0.717) is 36.6 Å². The minimum atomic E-state index is -0.546. The molecule has 0 bridgehead atoms. The van der Waals surface area contributed by atoms with Gasteiger partial charge in [0.2, 0.25) is 6.41 Å². The van der Waals surface area contributed by atoms with Gasteiger partial charge in [0.15, 0.2) is 0 Å². The molecule has 2 aromatic carbocycles. The number of carbonyl (C=O) groups excluding carboxylic acids is 2. The second-order valence-electron chi connectivity index (χ2n) is 9.12. The smallest absolute Gasteiger partial charge is 0.259 e. The Balaban J connectivity index is 1.92. The first-order valence-electron chi connectivity index (χ1n) is 11.7. The Morgan fingerprint density at radius 2 is 1.92 bits per heavy atom. The first-order chi connectivity index (χ1) is 17.6. The summed E-state index contributed by atoms with van der Waals surface area (Å²) >= 11 is 0. The van der Waals surface area contributed by atoms with E-state index in [-0.39, 0.29) is 34.4 Å². The van der Waals surface area contributed by atoms with Crippen LogP contribution in [-0.2, 0) is 16.6 Å². The number of halogens is 1. The zero-order chi connectivity index (χ0) is 26.9. The molecule has 4 rings (SSSR count). The number of aryl methyl sites for hydroxylation is 1. The molecule has 0 saturated carbocycles. The topological polar surface area (TPSA) is 93.1 Å². The van der Waals surface area contributed by atoms with Crippen LogP contribution in [0.3, 0.4) is 0 Å². The number of hydrogen-bond acceptors (Lipinski definition) is 6. The predicted octanol–water partition coefficient (Wildman–Crippen LogP) is 3.66. The maximum atomic E-state index is 14.8. The molecule has 0 radical (unpaired) electrons. The minimum absolute atomic E-state index is 0.0374. The predicted molar refractivity (Wildman–Crippen MR) is 139 cm³/mol. The van der Waals surface area contributed by atoms with Crippen molar-refractivity contribution in [1.29, 1.82) is 0 Å². The Bertz CT molecular complexity index is 1410. The molecule has 1 aliphatic rings. The van der Waals surface area contributed by atoms with E-state index in [1.54, 1.807) is 58.3 Å². The van der Waals surface area contributed by atoms with Crippen molar-refractivity contribution in [2.24, 2.45) is 7.05 Å². The number of pyridine rings is 1. The Hall–Kier alpha value is -4.18. The number of anilines is 4. The second-order valence-corrected chi connectivity index (χ2v) is 9.12. The van der Waals surface area contributed by atoms with Gasteiger partial charge in [-0.15, -0.1) is 0 Å². The lowest BCUT2D eigenvalue weighted by atomic mass is 10.1. The number of carbonyl (C=O) groups is 2. The summed E-state index contributed by atoms with van der Waals surface area (Å²) in [5.74, 6) is -0.456. The Labute approximate surface area is 214 Å². The number of ether oxygens (including phenoxy) is 2. The first-order valence-corrected chi connectivity index (χ1v) is 11.7. The van der Waals surface area contributed by atoms with Crippen molar-refractivity contribution in [2.45, 2.75) is 20.0 Å². The van der Waals surface area contributed by atoms with E-state index < -0.39 is 17.3 Å². The van der Waals surface area contributed by atoms with Gasteiger partial charge in [0.1, 0.15) is 29.1 Å². The van der Waals surface area contributed by atoms with Crippen molar-refractivity contribution in [3.8, 4) is 5.75 Å². The lowest BCUT2D eigenvalue weighted by molar-refractivity contribution is -0.106. The molecule has 9 nitrogen and oxygen atoms in total. The summed E-state index contributed by atoms with van der Waals surface area (Å²) in [6, 6.07) is 11.4. The maximum absolute atomic E-state index is 14.8. The SMILES string of the molecule is Cc1ccc(Nc2c(C(=O)N(C)C)c(N(C=O)c3cccc(OC4COC4)c3)c(C)c(=O)n2C)c(F)c1. The van der Waals surface area contributed by atoms with E-state index >= 15 is 0 Å². The molecule has 37 heavy (non-hydrogen) atoms. The van der Waals surface area contributed by atoms with E-state index in [1.807, 2.05) is 0 Å². The van der Waals surface area contributed by atoms with Crippen molar-refractivity contribution in [3.05, 3.63) is 75.3 Å². The summed E-state index contributed by atoms with van der Waals surface area (Å²) in [5.41, 5.74) is 1.04. The Morgan fingerprint density at radius 1 is 1.19 bits per heavy atom. The van der Waals surface area contributed by atoms with E-state index in [1.165, 1.54) is 33.5 Å². The van der Waals surface area contributed by atoms with Crippen LogP contribution in [0.25, 0.3) is 0 Å². The molecule has 10 heteroatoms. The monoisotopic (exact) mass is 508 g/mol. The number of nitrogens with one attached hydrogen (secondary N) is 1. The highest BCUT2D eigenvalue weighted by Crippen LogP contribution is 2.36. The number of hydrogen-bond donors (Lipinski definition) is 1. The second kappa shape index (κ2) is 10.4. The molecule has 1 N–H and O–H groups in total.